The second-order valence-electron chi connectivity index (χ2n) is 12.0. The molecule has 0 saturated carbocycles. The van der Waals surface area contributed by atoms with Crippen LogP contribution >= 0.6 is 23.2 Å². The minimum atomic E-state index is -0.752. The van der Waals surface area contributed by atoms with Gasteiger partial charge < -0.3 is 14.5 Å². The molecule has 3 heterocycles. The van der Waals surface area contributed by atoms with E-state index in [1.165, 1.54) is 17.0 Å². The molecule has 12 heteroatoms. The van der Waals surface area contributed by atoms with Gasteiger partial charge in [-0.1, -0.05) is 35.3 Å². The highest BCUT2D eigenvalue weighted by Crippen LogP contribution is 2.41. The monoisotopic (exact) mass is 641 g/mol. The van der Waals surface area contributed by atoms with Crippen LogP contribution in [-0.2, 0) is 11.2 Å². The SMILES string of the molecule is CC(c1c(Cl)ccc(F)c1Cl)N1CCN(C(=O)OC(C)(C)C)c2nnc(C(=O)Cc3cccc(C(=O)N4CCCC4)c3)cc21. The molecular formula is C32H34Cl2FN5O4. The normalized spacial score (nSPS) is 15.7. The highest BCUT2D eigenvalue weighted by Gasteiger charge is 2.36. The van der Waals surface area contributed by atoms with Crippen molar-refractivity contribution >= 4 is 52.5 Å². The van der Waals surface area contributed by atoms with Crippen molar-refractivity contribution in [1.29, 1.82) is 0 Å². The lowest BCUT2D eigenvalue weighted by atomic mass is 10.0. The van der Waals surface area contributed by atoms with Crippen molar-refractivity contribution in [1.82, 2.24) is 15.1 Å². The first-order valence-corrected chi connectivity index (χ1v) is 15.3. The number of fused-ring (bicyclic) bond motifs is 1. The second kappa shape index (κ2) is 12.7. The first-order valence-electron chi connectivity index (χ1n) is 14.5. The molecule has 0 N–H and O–H groups in total. The van der Waals surface area contributed by atoms with Crippen LogP contribution < -0.4 is 9.80 Å². The number of carbonyl (C=O) groups excluding carboxylic acids is 3. The molecule has 44 heavy (non-hydrogen) atoms. The van der Waals surface area contributed by atoms with Gasteiger partial charge in [-0.15, -0.1) is 10.2 Å². The quantitative estimate of drug-likeness (QED) is 0.213. The Bertz CT molecular complexity index is 1610. The molecule has 1 aromatic heterocycles. The Labute approximate surface area is 265 Å². The van der Waals surface area contributed by atoms with E-state index in [-0.39, 0.29) is 52.8 Å². The van der Waals surface area contributed by atoms with Crippen LogP contribution in [0.15, 0.2) is 42.5 Å². The van der Waals surface area contributed by atoms with E-state index in [1.54, 1.807) is 51.1 Å². The molecule has 2 amide bonds. The number of anilines is 2. The summed E-state index contributed by atoms with van der Waals surface area (Å²) in [6.45, 7) is 9.04. The summed E-state index contributed by atoms with van der Waals surface area (Å²) >= 11 is 12.8. The third-order valence-corrected chi connectivity index (χ3v) is 8.39. The number of carbonyl (C=O) groups is 3. The highest BCUT2D eigenvalue weighted by atomic mass is 35.5. The van der Waals surface area contributed by atoms with E-state index in [4.69, 9.17) is 27.9 Å². The van der Waals surface area contributed by atoms with Gasteiger partial charge in [0.05, 0.1) is 16.8 Å². The topological polar surface area (TPSA) is 95.9 Å². The Morgan fingerprint density at radius 3 is 2.43 bits per heavy atom. The van der Waals surface area contributed by atoms with Crippen LogP contribution in [-0.4, -0.2) is 64.7 Å². The zero-order valence-electron chi connectivity index (χ0n) is 25.1. The Balaban J connectivity index is 1.48. The van der Waals surface area contributed by atoms with Crippen molar-refractivity contribution in [3.05, 3.63) is 80.7 Å². The number of hydrogen-bond acceptors (Lipinski definition) is 7. The predicted octanol–water partition coefficient (Wildman–Crippen LogP) is 6.91. The second-order valence-corrected chi connectivity index (χ2v) is 12.8. The molecular weight excluding hydrogens is 608 g/mol. The van der Waals surface area contributed by atoms with Gasteiger partial charge in [-0.05, 0) is 76.4 Å². The van der Waals surface area contributed by atoms with Gasteiger partial charge in [0.1, 0.15) is 17.1 Å². The fourth-order valence-corrected chi connectivity index (χ4v) is 6.21. The summed E-state index contributed by atoms with van der Waals surface area (Å²) in [6, 6.07) is 10.7. The first kappa shape index (κ1) is 31.7. The fraction of sp³-hybridized carbons (Fsp3) is 0.406. The maximum Gasteiger partial charge on any atom is 0.416 e. The zero-order valence-corrected chi connectivity index (χ0v) is 26.6. The number of amides is 2. The lowest BCUT2D eigenvalue weighted by Gasteiger charge is -2.40. The minimum Gasteiger partial charge on any atom is -0.443 e. The van der Waals surface area contributed by atoms with Crippen LogP contribution in [0.4, 0.5) is 20.7 Å². The van der Waals surface area contributed by atoms with Crippen LogP contribution in [0.25, 0.3) is 0 Å². The largest absolute Gasteiger partial charge is 0.443 e. The average Bonchev–Trinajstić information content (AvgIpc) is 3.52. The van der Waals surface area contributed by atoms with Crippen molar-refractivity contribution in [2.75, 3.05) is 36.0 Å². The molecule has 232 valence electrons. The molecule has 0 bridgehead atoms. The van der Waals surface area contributed by atoms with Gasteiger partial charge in [0, 0.05) is 48.7 Å². The molecule has 3 aromatic rings. The number of benzene rings is 2. The lowest BCUT2D eigenvalue weighted by molar-refractivity contribution is 0.0577. The fourth-order valence-electron chi connectivity index (χ4n) is 5.52. The first-order chi connectivity index (χ1) is 20.8. The van der Waals surface area contributed by atoms with Gasteiger partial charge in [0.15, 0.2) is 11.6 Å². The van der Waals surface area contributed by atoms with Crippen LogP contribution in [0.1, 0.15) is 78.6 Å². The Morgan fingerprint density at radius 1 is 1.00 bits per heavy atom. The maximum absolute atomic E-state index is 14.5. The number of ether oxygens (including phenoxy) is 1. The summed E-state index contributed by atoms with van der Waals surface area (Å²) in [4.78, 5) is 44.6. The van der Waals surface area contributed by atoms with Crippen LogP contribution in [0.2, 0.25) is 10.0 Å². The van der Waals surface area contributed by atoms with Crippen molar-refractivity contribution in [3.8, 4) is 0 Å². The van der Waals surface area contributed by atoms with Gasteiger partial charge >= 0.3 is 6.09 Å². The molecule has 9 nitrogen and oxygen atoms in total. The van der Waals surface area contributed by atoms with Gasteiger partial charge in [0.25, 0.3) is 5.91 Å². The van der Waals surface area contributed by atoms with Gasteiger partial charge in [0.2, 0.25) is 0 Å². The van der Waals surface area contributed by atoms with Gasteiger partial charge in [-0.25, -0.2) is 9.18 Å². The molecule has 5 rings (SSSR count). The number of aromatic nitrogens is 2. The molecule has 1 unspecified atom stereocenters. The molecule has 1 fully saturated rings. The van der Waals surface area contributed by atoms with Gasteiger partial charge in [-0.3, -0.25) is 14.5 Å². The lowest BCUT2D eigenvalue weighted by Crippen LogP contribution is -2.47. The number of Topliss-reactive ketones (excluding diaryl/α,β-unsaturated/α-hetero) is 1. The number of ketones is 1. The van der Waals surface area contributed by atoms with E-state index in [0.29, 0.717) is 22.4 Å². The molecule has 0 aliphatic carbocycles. The summed E-state index contributed by atoms with van der Waals surface area (Å²) in [6.07, 6.45) is 1.35. The highest BCUT2D eigenvalue weighted by molar-refractivity contribution is 6.36. The number of hydrogen-bond donors (Lipinski definition) is 0. The third kappa shape index (κ3) is 6.66. The predicted molar refractivity (Wildman–Crippen MR) is 167 cm³/mol. The molecule has 2 aliphatic heterocycles. The van der Waals surface area contributed by atoms with Crippen LogP contribution in [0, 0.1) is 5.82 Å². The van der Waals surface area contributed by atoms with Gasteiger partial charge in [-0.2, -0.15) is 0 Å². The van der Waals surface area contributed by atoms with E-state index >= 15 is 0 Å². The Hall–Kier alpha value is -3.76. The van der Waals surface area contributed by atoms with E-state index < -0.39 is 23.6 Å². The standard InChI is InChI=1S/C32H34Cl2FN5O4/c1-19(27-22(33)10-11-23(35)28(27)34)39-14-15-40(31(43)44-32(2,3)4)29-25(39)18-24(36-37-29)26(41)17-20-8-7-9-21(16-20)30(42)38-12-5-6-13-38/h7-11,16,18-19H,5-6,12-15,17H2,1-4H3. The van der Waals surface area contributed by atoms with Crippen LogP contribution in [0.5, 0.6) is 0 Å². The number of likely N-dealkylation sites (tertiary alicyclic amines) is 1. The number of rotatable bonds is 6. The Kier molecular flexibility index (Phi) is 9.13. The maximum atomic E-state index is 14.5. The molecule has 0 spiro atoms. The third-order valence-electron chi connectivity index (χ3n) is 7.68. The molecule has 0 radical (unpaired) electrons. The average molecular weight is 643 g/mol. The van der Waals surface area contributed by atoms with E-state index in [1.807, 2.05) is 16.7 Å². The minimum absolute atomic E-state index is 0.0124. The van der Waals surface area contributed by atoms with Crippen molar-refractivity contribution in [2.24, 2.45) is 0 Å². The summed E-state index contributed by atoms with van der Waals surface area (Å²) < 4.78 is 20.1. The number of halogens is 3. The van der Waals surface area contributed by atoms with E-state index in [2.05, 4.69) is 10.2 Å². The summed E-state index contributed by atoms with van der Waals surface area (Å²) in [5.74, 6) is -0.794. The molecule has 1 atom stereocenters. The van der Waals surface area contributed by atoms with Crippen molar-refractivity contribution in [2.45, 2.75) is 58.6 Å². The van der Waals surface area contributed by atoms with E-state index in [0.717, 1.165) is 25.9 Å². The zero-order chi connectivity index (χ0) is 31.8. The summed E-state index contributed by atoms with van der Waals surface area (Å²) in [7, 11) is 0. The van der Waals surface area contributed by atoms with E-state index in [9.17, 15) is 18.8 Å². The van der Waals surface area contributed by atoms with Crippen LogP contribution in [0.3, 0.4) is 0 Å². The summed E-state index contributed by atoms with van der Waals surface area (Å²) in [5.41, 5.74) is 1.30. The number of nitrogens with zero attached hydrogens (tertiary/aromatic N) is 5. The molecule has 1 saturated heterocycles. The molecule has 2 aromatic carbocycles. The smallest absolute Gasteiger partial charge is 0.416 e. The molecule has 2 aliphatic rings. The van der Waals surface area contributed by atoms with Crippen molar-refractivity contribution < 1.29 is 23.5 Å². The summed E-state index contributed by atoms with van der Waals surface area (Å²) in [5, 5.41) is 8.67. The van der Waals surface area contributed by atoms with Crippen molar-refractivity contribution in [3.63, 3.8) is 0 Å². The Morgan fingerprint density at radius 2 is 1.73 bits per heavy atom.